The summed E-state index contributed by atoms with van der Waals surface area (Å²) in [7, 11) is 0. The molecule has 0 unspecified atom stereocenters. The van der Waals surface area contributed by atoms with Crippen LogP contribution in [0.3, 0.4) is 0 Å². The number of aryl methyl sites for hydroxylation is 1. The van der Waals surface area contributed by atoms with Gasteiger partial charge in [-0.3, -0.25) is 0 Å². The number of rotatable bonds is 5. The first kappa shape index (κ1) is 12.9. The van der Waals surface area contributed by atoms with Gasteiger partial charge >= 0.3 is 0 Å². The molecule has 94 valence electrons. The molecule has 1 aromatic rings. The van der Waals surface area contributed by atoms with E-state index in [2.05, 4.69) is 33.8 Å². The molecule has 0 saturated carbocycles. The number of benzene rings is 1. The lowest BCUT2D eigenvalue weighted by Gasteiger charge is -2.15. The predicted octanol–water partition coefficient (Wildman–Crippen LogP) is 3.62. The van der Waals surface area contributed by atoms with E-state index in [1.807, 2.05) is 12.1 Å². The highest BCUT2D eigenvalue weighted by atomic mass is 79.9. The Balaban J connectivity index is 1.70. The Morgan fingerprint density at radius 1 is 1.29 bits per heavy atom. The molecule has 0 atom stereocenters. The Morgan fingerprint density at radius 3 is 2.76 bits per heavy atom. The molecule has 0 spiro atoms. The van der Waals surface area contributed by atoms with Gasteiger partial charge in [-0.15, -0.1) is 0 Å². The lowest BCUT2D eigenvalue weighted by Crippen LogP contribution is -2.21. The van der Waals surface area contributed by atoms with Crippen LogP contribution < -0.4 is 4.74 Å². The maximum Gasteiger partial charge on any atom is 0.122 e. The third-order valence-electron chi connectivity index (χ3n) is 3.21. The van der Waals surface area contributed by atoms with Crippen molar-refractivity contribution < 1.29 is 4.74 Å². The van der Waals surface area contributed by atoms with Gasteiger partial charge in [-0.1, -0.05) is 15.9 Å². The van der Waals surface area contributed by atoms with Gasteiger partial charge < -0.3 is 9.64 Å². The zero-order valence-electron chi connectivity index (χ0n) is 10.4. The van der Waals surface area contributed by atoms with Crippen LogP contribution in [0.1, 0.15) is 24.8 Å². The van der Waals surface area contributed by atoms with Gasteiger partial charge in [0.2, 0.25) is 0 Å². The minimum atomic E-state index is 0.818. The number of hydrogen-bond acceptors (Lipinski definition) is 2. The summed E-state index contributed by atoms with van der Waals surface area (Å²) in [5.74, 6) is 1.01. The van der Waals surface area contributed by atoms with Crippen LogP contribution in [0.15, 0.2) is 22.7 Å². The zero-order chi connectivity index (χ0) is 12.1. The van der Waals surface area contributed by atoms with Crippen molar-refractivity contribution in [3.63, 3.8) is 0 Å². The summed E-state index contributed by atoms with van der Waals surface area (Å²) in [4.78, 5) is 2.53. The van der Waals surface area contributed by atoms with Crippen LogP contribution in [0.5, 0.6) is 5.75 Å². The largest absolute Gasteiger partial charge is 0.493 e. The van der Waals surface area contributed by atoms with E-state index >= 15 is 0 Å². The molecule has 17 heavy (non-hydrogen) atoms. The van der Waals surface area contributed by atoms with Crippen molar-refractivity contribution in [2.45, 2.75) is 26.2 Å². The zero-order valence-corrected chi connectivity index (χ0v) is 12.0. The number of nitrogens with zero attached hydrogens (tertiary/aromatic N) is 1. The van der Waals surface area contributed by atoms with Crippen molar-refractivity contribution in [3.05, 3.63) is 28.2 Å². The maximum absolute atomic E-state index is 5.80. The van der Waals surface area contributed by atoms with Crippen LogP contribution in [0.4, 0.5) is 0 Å². The third-order valence-corrected chi connectivity index (χ3v) is 3.71. The summed E-state index contributed by atoms with van der Waals surface area (Å²) >= 11 is 3.46. The van der Waals surface area contributed by atoms with Crippen LogP contribution in [0.25, 0.3) is 0 Å². The highest BCUT2D eigenvalue weighted by Gasteiger charge is 2.10. The Bertz CT molecular complexity index is 361. The second-order valence-corrected chi connectivity index (χ2v) is 5.58. The van der Waals surface area contributed by atoms with Gasteiger partial charge in [-0.05, 0) is 63.0 Å². The van der Waals surface area contributed by atoms with Crippen LogP contribution >= 0.6 is 15.9 Å². The molecule has 0 aromatic heterocycles. The first-order valence-corrected chi connectivity index (χ1v) is 7.16. The van der Waals surface area contributed by atoms with Gasteiger partial charge in [-0.25, -0.2) is 0 Å². The Morgan fingerprint density at radius 2 is 2.06 bits per heavy atom. The average molecular weight is 298 g/mol. The van der Waals surface area contributed by atoms with E-state index < -0.39 is 0 Å². The standard InChI is InChI=1S/C14H20BrNO/c1-12-11-13(15)5-6-14(12)17-10-4-9-16-7-2-3-8-16/h5-6,11H,2-4,7-10H2,1H3. The molecule has 0 N–H and O–H groups in total. The van der Waals surface area contributed by atoms with Gasteiger partial charge in [0.15, 0.2) is 0 Å². The average Bonchev–Trinajstić information content (AvgIpc) is 2.79. The van der Waals surface area contributed by atoms with Crippen molar-refractivity contribution in [1.82, 2.24) is 4.90 Å². The lowest BCUT2D eigenvalue weighted by atomic mass is 10.2. The molecular formula is C14H20BrNO. The van der Waals surface area contributed by atoms with Crippen molar-refractivity contribution in [2.24, 2.45) is 0 Å². The first-order chi connectivity index (χ1) is 8.25. The highest BCUT2D eigenvalue weighted by Crippen LogP contribution is 2.22. The molecule has 2 nitrogen and oxygen atoms in total. The van der Waals surface area contributed by atoms with Gasteiger partial charge in [0.05, 0.1) is 6.61 Å². The van der Waals surface area contributed by atoms with E-state index in [0.717, 1.165) is 23.2 Å². The molecule has 1 saturated heterocycles. The van der Waals surface area contributed by atoms with E-state index in [1.54, 1.807) is 0 Å². The number of ether oxygens (including phenoxy) is 1. The minimum Gasteiger partial charge on any atom is -0.493 e. The molecule has 1 heterocycles. The quantitative estimate of drug-likeness (QED) is 0.770. The van der Waals surface area contributed by atoms with E-state index in [1.165, 1.54) is 38.0 Å². The predicted molar refractivity (Wildman–Crippen MR) is 74.7 cm³/mol. The summed E-state index contributed by atoms with van der Waals surface area (Å²) in [6.07, 6.45) is 3.86. The first-order valence-electron chi connectivity index (χ1n) is 6.37. The van der Waals surface area contributed by atoms with Gasteiger partial charge in [-0.2, -0.15) is 0 Å². The Kier molecular flexibility index (Phi) is 4.86. The van der Waals surface area contributed by atoms with Crippen molar-refractivity contribution >= 4 is 15.9 Å². The van der Waals surface area contributed by atoms with Gasteiger partial charge in [0.25, 0.3) is 0 Å². The third kappa shape index (κ3) is 4.00. The number of hydrogen-bond donors (Lipinski definition) is 0. The fourth-order valence-electron chi connectivity index (χ4n) is 2.25. The van der Waals surface area contributed by atoms with Crippen LogP contribution in [0.2, 0.25) is 0 Å². The fourth-order valence-corrected chi connectivity index (χ4v) is 2.73. The van der Waals surface area contributed by atoms with Gasteiger partial charge in [0.1, 0.15) is 5.75 Å². The summed E-state index contributed by atoms with van der Waals surface area (Å²) in [6, 6.07) is 6.16. The minimum absolute atomic E-state index is 0.818. The lowest BCUT2D eigenvalue weighted by molar-refractivity contribution is 0.262. The molecule has 0 bridgehead atoms. The van der Waals surface area contributed by atoms with E-state index in [9.17, 15) is 0 Å². The van der Waals surface area contributed by atoms with Gasteiger partial charge in [0, 0.05) is 11.0 Å². The molecular weight excluding hydrogens is 278 g/mol. The molecule has 0 amide bonds. The molecule has 3 heteroatoms. The normalized spacial score (nSPS) is 16.4. The smallest absolute Gasteiger partial charge is 0.122 e. The van der Waals surface area contributed by atoms with Crippen LogP contribution in [0, 0.1) is 6.92 Å². The Hall–Kier alpha value is -0.540. The van der Waals surface area contributed by atoms with E-state index in [4.69, 9.17) is 4.74 Å². The second kappa shape index (κ2) is 6.41. The van der Waals surface area contributed by atoms with Crippen LogP contribution in [-0.2, 0) is 0 Å². The highest BCUT2D eigenvalue weighted by molar-refractivity contribution is 9.10. The molecule has 1 aliphatic rings. The monoisotopic (exact) mass is 297 g/mol. The van der Waals surface area contributed by atoms with E-state index in [0.29, 0.717) is 0 Å². The maximum atomic E-state index is 5.80. The number of halogens is 1. The SMILES string of the molecule is Cc1cc(Br)ccc1OCCCN1CCCC1. The second-order valence-electron chi connectivity index (χ2n) is 4.66. The fraction of sp³-hybridized carbons (Fsp3) is 0.571. The molecule has 1 aromatic carbocycles. The van der Waals surface area contributed by atoms with Crippen molar-refractivity contribution in [2.75, 3.05) is 26.2 Å². The topological polar surface area (TPSA) is 12.5 Å². The summed E-state index contributed by atoms with van der Waals surface area (Å²) in [5, 5.41) is 0. The summed E-state index contributed by atoms with van der Waals surface area (Å²) < 4.78 is 6.91. The van der Waals surface area contributed by atoms with Crippen LogP contribution in [-0.4, -0.2) is 31.1 Å². The van der Waals surface area contributed by atoms with Crippen molar-refractivity contribution in [1.29, 1.82) is 0 Å². The van der Waals surface area contributed by atoms with Crippen molar-refractivity contribution in [3.8, 4) is 5.75 Å². The molecule has 0 radical (unpaired) electrons. The molecule has 1 fully saturated rings. The molecule has 0 aliphatic carbocycles. The number of likely N-dealkylation sites (tertiary alicyclic amines) is 1. The van der Waals surface area contributed by atoms with E-state index in [-0.39, 0.29) is 0 Å². The molecule has 2 rings (SSSR count). The Labute approximate surface area is 112 Å². The summed E-state index contributed by atoms with van der Waals surface area (Å²) in [5.41, 5.74) is 1.19. The molecule has 1 aliphatic heterocycles. The summed E-state index contributed by atoms with van der Waals surface area (Å²) in [6.45, 7) is 6.63.